The highest BCUT2D eigenvalue weighted by Gasteiger charge is 2.55. The Morgan fingerprint density at radius 2 is 2.21 bits per heavy atom. The molecule has 0 amide bonds. The van der Waals surface area contributed by atoms with E-state index in [0.717, 1.165) is 12.8 Å². The highest BCUT2D eigenvalue weighted by Crippen LogP contribution is 2.50. The van der Waals surface area contributed by atoms with Crippen LogP contribution in [0.25, 0.3) is 0 Å². The number of rotatable bonds is 3. The second-order valence-corrected chi connectivity index (χ2v) is 5.22. The third-order valence-electron chi connectivity index (χ3n) is 3.29. The Kier molecular flexibility index (Phi) is 2.58. The van der Waals surface area contributed by atoms with Gasteiger partial charge in [0, 0.05) is 12.5 Å². The van der Waals surface area contributed by atoms with Gasteiger partial charge in [0.15, 0.2) is 6.29 Å². The van der Waals surface area contributed by atoms with E-state index in [9.17, 15) is 5.11 Å². The summed E-state index contributed by atoms with van der Waals surface area (Å²) in [5, 5.41) is 9.80. The lowest BCUT2D eigenvalue weighted by Crippen LogP contribution is -2.37. The summed E-state index contributed by atoms with van der Waals surface area (Å²) in [6.07, 6.45) is 2.10. The van der Waals surface area contributed by atoms with E-state index in [1.54, 1.807) is 0 Å². The summed E-state index contributed by atoms with van der Waals surface area (Å²) in [6.45, 7) is 6.94. The lowest BCUT2D eigenvalue weighted by molar-refractivity contribution is -0.144. The Balaban J connectivity index is 1.98. The monoisotopic (exact) mass is 200 g/mol. The van der Waals surface area contributed by atoms with E-state index in [1.165, 1.54) is 0 Å². The molecule has 2 fully saturated rings. The predicted octanol–water partition coefficient (Wildman–Crippen LogP) is 1.54. The van der Waals surface area contributed by atoms with Crippen LogP contribution in [0, 0.1) is 11.3 Å². The van der Waals surface area contributed by atoms with Crippen molar-refractivity contribution in [1.82, 2.24) is 0 Å². The molecule has 82 valence electrons. The molecule has 0 spiro atoms. The quantitative estimate of drug-likeness (QED) is 0.555. The zero-order valence-electron chi connectivity index (χ0n) is 9.19. The standard InChI is InChI=1S/C11H20O3/c1-4-13-10(12)7-5-11(2,3)6-8-9(7)14-8/h7-10,12H,4-6H2,1-3H3. The Morgan fingerprint density at radius 1 is 1.50 bits per heavy atom. The van der Waals surface area contributed by atoms with E-state index < -0.39 is 6.29 Å². The van der Waals surface area contributed by atoms with Crippen molar-refractivity contribution in [2.24, 2.45) is 11.3 Å². The average Bonchev–Trinajstić information content (AvgIpc) is 2.80. The molecular formula is C11H20O3. The predicted molar refractivity (Wildman–Crippen MR) is 52.8 cm³/mol. The van der Waals surface area contributed by atoms with Crippen molar-refractivity contribution in [2.45, 2.75) is 52.1 Å². The van der Waals surface area contributed by atoms with E-state index in [4.69, 9.17) is 9.47 Å². The molecule has 4 unspecified atom stereocenters. The molecule has 0 aromatic rings. The maximum atomic E-state index is 9.80. The molecule has 3 nitrogen and oxygen atoms in total. The molecule has 0 aromatic carbocycles. The van der Waals surface area contributed by atoms with Crippen LogP contribution in [0.4, 0.5) is 0 Å². The minimum Gasteiger partial charge on any atom is -0.369 e. The van der Waals surface area contributed by atoms with Gasteiger partial charge in [-0.15, -0.1) is 0 Å². The van der Waals surface area contributed by atoms with Gasteiger partial charge in [-0.2, -0.15) is 0 Å². The molecular weight excluding hydrogens is 180 g/mol. The van der Waals surface area contributed by atoms with Crippen LogP contribution in [0.3, 0.4) is 0 Å². The molecule has 1 N–H and O–H groups in total. The summed E-state index contributed by atoms with van der Waals surface area (Å²) in [5.41, 5.74) is 0.278. The Hall–Kier alpha value is -0.120. The summed E-state index contributed by atoms with van der Waals surface area (Å²) >= 11 is 0. The molecule has 0 aromatic heterocycles. The van der Waals surface area contributed by atoms with E-state index in [-0.39, 0.29) is 17.4 Å². The van der Waals surface area contributed by atoms with Gasteiger partial charge in [0.05, 0.1) is 12.2 Å². The SMILES string of the molecule is CCOC(O)C1CC(C)(C)CC2OC21. The number of hydrogen-bond acceptors (Lipinski definition) is 3. The molecule has 1 aliphatic carbocycles. The fourth-order valence-electron chi connectivity index (χ4n) is 2.64. The van der Waals surface area contributed by atoms with Crippen LogP contribution in [0.15, 0.2) is 0 Å². The molecule has 2 aliphatic rings. The van der Waals surface area contributed by atoms with Crippen molar-refractivity contribution in [1.29, 1.82) is 0 Å². The zero-order valence-corrected chi connectivity index (χ0v) is 9.19. The van der Waals surface area contributed by atoms with E-state index in [2.05, 4.69) is 13.8 Å². The number of aliphatic hydroxyl groups excluding tert-OH is 1. The number of epoxide rings is 1. The Labute approximate surface area is 85.4 Å². The minimum absolute atomic E-state index is 0.170. The van der Waals surface area contributed by atoms with Crippen molar-refractivity contribution in [3.05, 3.63) is 0 Å². The Bertz CT molecular complexity index is 215. The highest BCUT2D eigenvalue weighted by molar-refractivity contribution is 5.01. The number of fused-ring (bicyclic) bond motifs is 1. The molecule has 0 bridgehead atoms. The molecule has 4 atom stereocenters. The smallest absolute Gasteiger partial charge is 0.159 e. The van der Waals surface area contributed by atoms with Gasteiger partial charge in [0.25, 0.3) is 0 Å². The first-order valence-corrected chi connectivity index (χ1v) is 5.48. The van der Waals surface area contributed by atoms with E-state index in [1.807, 2.05) is 6.92 Å². The van der Waals surface area contributed by atoms with E-state index in [0.29, 0.717) is 12.7 Å². The van der Waals surface area contributed by atoms with Crippen molar-refractivity contribution in [2.75, 3.05) is 6.61 Å². The second kappa shape index (κ2) is 3.47. The molecule has 1 saturated carbocycles. The van der Waals surface area contributed by atoms with Crippen LogP contribution in [-0.4, -0.2) is 30.2 Å². The summed E-state index contributed by atoms with van der Waals surface area (Å²) in [7, 11) is 0. The average molecular weight is 200 g/mol. The fourth-order valence-corrected chi connectivity index (χ4v) is 2.64. The topological polar surface area (TPSA) is 42.0 Å². The second-order valence-electron chi connectivity index (χ2n) is 5.22. The normalized spacial score (nSPS) is 41.6. The third kappa shape index (κ3) is 1.95. The summed E-state index contributed by atoms with van der Waals surface area (Å²) in [5.74, 6) is 0.170. The molecule has 3 heteroatoms. The fraction of sp³-hybridized carbons (Fsp3) is 1.00. The third-order valence-corrected chi connectivity index (χ3v) is 3.29. The lowest BCUT2D eigenvalue weighted by atomic mass is 9.72. The van der Waals surface area contributed by atoms with E-state index >= 15 is 0 Å². The molecule has 1 saturated heterocycles. The van der Waals surface area contributed by atoms with Crippen LogP contribution in [0.2, 0.25) is 0 Å². The minimum atomic E-state index is -0.644. The van der Waals surface area contributed by atoms with Crippen LogP contribution >= 0.6 is 0 Å². The van der Waals surface area contributed by atoms with Crippen molar-refractivity contribution in [3.8, 4) is 0 Å². The van der Waals surface area contributed by atoms with Gasteiger partial charge in [-0.05, 0) is 25.2 Å². The van der Waals surface area contributed by atoms with Gasteiger partial charge >= 0.3 is 0 Å². The van der Waals surface area contributed by atoms with Crippen molar-refractivity contribution >= 4 is 0 Å². The molecule has 1 heterocycles. The molecule has 2 rings (SSSR count). The van der Waals surface area contributed by atoms with Gasteiger partial charge in [0.1, 0.15) is 0 Å². The number of ether oxygens (including phenoxy) is 2. The summed E-state index contributed by atoms with van der Waals surface area (Å²) in [6, 6.07) is 0. The van der Waals surface area contributed by atoms with Gasteiger partial charge in [0.2, 0.25) is 0 Å². The molecule has 1 aliphatic heterocycles. The highest BCUT2D eigenvalue weighted by atomic mass is 16.6. The zero-order chi connectivity index (χ0) is 10.3. The first-order valence-electron chi connectivity index (χ1n) is 5.48. The van der Waals surface area contributed by atoms with Crippen LogP contribution in [0.5, 0.6) is 0 Å². The first-order chi connectivity index (χ1) is 6.53. The van der Waals surface area contributed by atoms with Crippen LogP contribution < -0.4 is 0 Å². The van der Waals surface area contributed by atoms with Gasteiger partial charge < -0.3 is 14.6 Å². The van der Waals surface area contributed by atoms with Crippen molar-refractivity contribution in [3.63, 3.8) is 0 Å². The van der Waals surface area contributed by atoms with Crippen LogP contribution in [0.1, 0.15) is 33.6 Å². The lowest BCUT2D eigenvalue weighted by Gasteiger charge is -2.34. The van der Waals surface area contributed by atoms with Gasteiger partial charge in [-0.25, -0.2) is 0 Å². The maximum Gasteiger partial charge on any atom is 0.159 e. The largest absolute Gasteiger partial charge is 0.369 e. The molecule has 0 radical (unpaired) electrons. The Morgan fingerprint density at radius 3 is 2.86 bits per heavy atom. The van der Waals surface area contributed by atoms with Crippen molar-refractivity contribution < 1.29 is 14.6 Å². The maximum absolute atomic E-state index is 9.80. The summed E-state index contributed by atoms with van der Waals surface area (Å²) < 4.78 is 10.8. The van der Waals surface area contributed by atoms with Gasteiger partial charge in [-0.1, -0.05) is 13.8 Å². The number of hydrogen-bond donors (Lipinski definition) is 1. The molecule has 14 heavy (non-hydrogen) atoms. The number of aliphatic hydroxyl groups is 1. The van der Waals surface area contributed by atoms with Gasteiger partial charge in [-0.3, -0.25) is 0 Å². The first kappa shape index (κ1) is 10.4. The summed E-state index contributed by atoms with van der Waals surface area (Å²) in [4.78, 5) is 0. The van der Waals surface area contributed by atoms with Crippen LogP contribution in [-0.2, 0) is 9.47 Å².